The molecule has 2 rings (SSSR count). The van der Waals surface area contributed by atoms with E-state index in [1.807, 2.05) is 38.1 Å². The number of carbonyl (C=O) groups is 2. The molecule has 2 amide bonds. The number of amides is 2. The molecule has 1 fully saturated rings. The van der Waals surface area contributed by atoms with Crippen LogP contribution >= 0.6 is 0 Å². The standard InChI is InChI=1S/C15H20N2O4/c1-10-3-5-11(6-4-10)15(2)7-8-17(14(15)20)12(9-18)13(19)16-21/h3-6,12,18,21H,7-9H2,1-2H3,(H,16,19)/t12-,15?/m1/s1. The van der Waals surface area contributed by atoms with Crippen molar-refractivity contribution >= 4 is 11.8 Å². The molecule has 1 saturated heterocycles. The van der Waals surface area contributed by atoms with Crippen molar-refractivity contribution in [2.24, 2.45) is 0 Å². The van der Waals surface area contributed by atoms with Crippen molar-refractivity contribution < 1.29 is 19.9 Å². The molecule has 114 valence electrons. The van der Waals surface area contributed by atoms with E-state index in [0.717, 1.165) is 11.1 Å². The molecule has 6 heteroatoms. The number of hydrogen-bond donors (Lipinski definition) is 3. The minimum Gasteiger partial charge on any atom is -0.394 e. The van der Waals surface area contributed by atoms with E-state index in [0.29, 0.717) is 13.0 Å². The van der Waals surface area contributed by atoms with E-state index in [1.54, 1.807) is 0 Å². The summed E-state index contributed by atoms with van der Waals surface area (Å²) < 4.78 is 0. The summed E-state index contributed by atoms with van der Waals surface area (Å²) in [6, 6.07) is 6.66. The van der Waals surface area contributed by atoms with Gasteiger partial charge in [-0.15, -0.1) is 0 Å². The van der Waals surface area contributed by atoms with Crippen LogP contribution in [0.15, 0.2) is 24.3 Å². The summed E-state index contributed by atoms with van der Waals surface area (Å²) in [5.74, 6) is -0.993. The third kappa shape index (κ3) is 2.64. The first-order valence-corrected chi connectivity index (χ1v) is 6.87. The zero-order valence-corrected chi connectivity index (χ0v) is 12.2. The van der Waals surface area contributed by atoms with E-state index < -0.39 is 24.0 Å². The van der Waals surface area contributed by atoms with Crippen molar-refractivity contribution in [2.75, 3.05) is 13.2 Å². The Morgan fingerprint density at radius 3 is 2.57 bits per heavy atom. The monoisotopic (exact) mass is 292 g/mol. The molecule has 1 unspecified atom stereocenters. The predicted octanol–water partition coefficient (Wildman–Crippen LogP) is 0.351. The van der Waals surface area contributed by atoms with Gasteiger partial charge in [0.25, 0.3) is 5.91 Å². The van der Waals surface area contributed by atoms with E-state index in [2.05, 4.69) is 0 Å². The van der Waals surface area contributed by atoms with Gasteiger partial charge in [0.15, 0.2) is 0 Å². The largest absolute Gasteiger partial charge is 0.394 e. The van der Waals surface area contributed by atoms with Crippen LogP contribution in [0.1, 0.15) is 24.5 Å². The molecule has 6 nitrogen and oxygen atoms in total. The number of nitrogens with one attached hydrogen (secondary N) is 1. The lowest BCUT2D eigenvalue weighted by atomic mass is 9.81. The lowest BCUT2D eigenvalue weighted by Gasteiger charge is -2.28. The fourth-order valence-electron chi connectivity index (χ4n) is 2.75. The number of nitrogens with zero attached hydrogens (tertiary/aromatic N) is 1. The van der Waals surface area contributed by atoms with Gasteiger partial charge in [-0.3, -0.25) is 14.8 Å². The number of hydrogen-bond acceptors (Lipinski definition) is 4. The second-order valence-corrected chi connectivity index (χ2v) is 5.62. The summed E-state index contributed by atoms with van der Waals surface area (Å²) >= 11 is 0. The highest BCUT2D eigenvalue weighted by atomic mass is 16.5. The van der Waals surface area contributed by atoms with Gasteiger partial charge in [0, 0.05) is 6.54 Å². The van der Waals surface area contributed by atoms with E-state index in [-0.39, 0.29) is 5.91 Å². The van der Waals surface area contributed by atoms with Gasteiger partial charge in [0.1, 0.15) is 6.04 Å². The topological polar surface area (TPSA) is 89.9 Å². The molecule has 0 radical (unpaired) electrons. The quantitative estimate of drug-likeness (QED) is 0.552. The summed E-state index contributed by atoms with van der Waals surface area (Å²) in [7, 11) is 0. The highest BCUT2D eigenvalue weighted by Gasteiger charge is 2.47. The van der Waals surface area contributed by atoms with Crippen molar-refractivity contribution in [3.05, 3.63) is 35.4 Å². The minimum atomic E-state index is -1.06. The first kappa shape index (κ1) is 15.5. The predicted molar refractivity (Wildman–Crippen MR) is 75.7 cm³/mol. The number of aliphatic hydroxyl groups excluding tert-OH is 1. The summed E-state index contributed by atoms with van der Waals surface area (Å²) in [5, 5.41) is 18.0. The molecule has 0 aliphatic carbocycles. The molecule has 0 aromatic heterocycles. The number of hydroxylamine groups is 1. The van der Waals surface area contributed by atoms with Crippen LogP contribution in [0, 0.1) is 6.92 Å². The number of likely N-dealkylation sites (tertiary alicyclic amines) is 1. The average molecular weight is 292 g/mol. The Hall–Kier alpha value is -1.92. The van der Waals surface area contributed by atoms with Crippen LogP contribution in [-0.4, -0.2) is 46.2 Å². The maximum atomic E-state index is 12.7. The summed E-state index contributed by atoms with van der Waals surface area (Å²) in [6.07, 6.45) is 0.560. The number of carbonyl (C=O) groups excluding carboxylic acids is 2. The van der Waals surface area contributed by atoms with Crippen molar-refractivity contribution in [2.45, 2.75) is 31.7 Å². The highest BCUT2D eigenvalue weighted by molar-refractivity contribution is 5.94. The summed E-state index contributed by atoms with van der Waals surface area (Å²) in [5.41, 5.74) is 2.78. The molecular weight excluding hydrogens is 272 g/mol. The van der Waals surface area contributed by atoms with Gasteiger partial charge in [-0.25, -0.2) is 5.48 Å². The van der Waals surface area contributed by atoms with E-state index in [9.17, 15) is 14.7 Å². The maximum Gasteiger partial charge on any atom is 0.268 e. The average Bonchev–Trinajstić information content (AvgIpc) is 2.78. The van der Waals surface area contributed by atoms with Crippen LogP contribution in [0.2, 0.25) is 0 Å². The summed E-state index contributed by atoms with van der Waals surface area (Å²) in [4.78, 5) is 25.6. The summed E-state index contributed by atoms with van der Waals surface area (Å²) in [6.45, 7) is 3.65. The van der Waals surface area contributed by atoms with Gasteiger partial charge >= 0.3 is 0 Å². The Kier molecular flexibility index (Phi) is 4.29. The Bertz CT molecular complexity index is 543. The van der Waals surface area contributed by atoms with Crippen molar-refractivity contribution in [1.82, 2.24) is 10.4 Å². The molecule has 1 aromatic carbocycles. The second kappa shape index (κ2) is 5.83. The van der Waals surface area contributed by atoms with Crippen LogP contribution in [-0.2, 0) is 15.0 Å². The molecule has 1 aliphatic heterocycles. The van der Waals surface area contributed by atoms with Gasteiger partial charge in [-0.2, -0.15) is 0 Å². The van der Waals surface area contributed by atoms with E-state index in [4.69, 9.17) is 5.21 Å². The smallest absolute Gasteiger partial charge is 0.268 e. The van der Waals surface area contributed by atoms with Gasteiger partial charge < -0.3 is 10.0 Å². The fourth-order valence-corrected chi connectivity index (χ4v) is 2.75. The zero-order chi connectivity index (χ0) is 15.6. The van der Waals surface area contributed by atoms with Gasteiger partial charge in [-0.05, 0) is 25.8 Å². The molecule has 0 spiro atoms. The number of benzene rings is 1. The Morgan fingerprint density at radius 1 is 1.43 bits per heavy atom. The Labute approximate surface area is 123 Å². The molecule has 0 saturated carbocycles. The first-order chi connectivity index (χ1) is 9.93. The molecule has 0 bridgehead atoms. The third-order valence-electron chi connectivity index (χ3n) is 4.24. The normalized spacial score (nSPS) is 23.2. The first-order valence-electron chi connectivity index (χ1n) is 6.87. The lowest BCUT2D eigenvalue weighted by molar-refractivity contribution is -0.145. The molecule has 1 aliphatic rings. The van der Waals surface area contributed by atoms with Crippen LogP contribution in [0.4, 0.5) is 0 Å². The lowest BCUT2D eigenvalue weighted by Crippen LogP contribution is -2.51. The zero-order valence-electron chi connectivity index (χ0n) is 12.2. The molecule has 3 N–H and O–H groups in total. The molecule has 1 aromatic rings. The van der Waals surface area contributed by atoms with Gasteiger partial charge in [0.05, 0.1) is 12.0 Å². The van der Waals surface area contributed by atoms with Crippen molar-refractivity contribution in [3.63, 3.8) is 0 Å². The number of aryl methyl sites for hydroxylation is 1. The fraction of sp³-hybridized carbons (Fsp3) is 0.467. The third-order valence-corrected chi connectivity index (χ3v) is 4.24. The SMILES string of the molecule is Cc1ccc(C2(C)CCN([C@H](CO)C(=O)NO)C2=O)cc1. The molecular formula is C15H20N2O4. The maximum absolute atomic E-state index is 12.7. The van der Waals surface area contributed by atoms with Gasteiger partial charge in [0.2, 0.25) is 5.91 Å². The highest BCUT2D eigenvalue weighted by Crippen LogP contribution is 2.36. The van der Waals surface area contributed by atoms with Gasteiger partial charge in [-0.1, -0.05) is 29.8 Å². The number of rotatable bonds is 4. The van der Waals surface area contributed by atoms with Crippen LogP contribution in [0.5, 0.6) is 0 Å². The van der Waals surface area contributed by atoms with Crippen molar-refractivity contribution in [3.8, 4) is 0 Å². The molecule has 2 atom stereocenters. The van der Waals surface area contributed by atoms with Crippen molar-refractivity contribution in [1.29, 1.82) is 0 Å². The van der Waals surface area contributed by atoms with E-state index in [1.165, 1.54) is 10.4 Å². The number of aliphatic hydroxyl groups is 1. The van der Waals surface area contributed by atoms with Crippen LogP contribution in [0.25, 0.3) is 0 Å². The second-order valence-electron chi connectivity index (χ2n) is 5.62. The Morgan fingerprint density at radius 2 is 2.05 bits per heavy atom. The van der Waals surface area contributed by atoms with Crippen LogP contribution in [0.3, 0.4) is 0 Å². The van der Waals surface area contributed by atoms with Crippen LogP contribution < -0.4 is 5.48 Å². The molecule has 1 heterocycles. The molecule has 21 heavy (non-hydrogen) atoms. The Balaban J connectivity index is 2.28. The minimum absolute atomic E-state index is 0.214. The van der Waals surface area contributed by atoms with E-state index >= 15 is 0 Å².